The number of anilines is 3. The molecular weight excluding hydrogens is 725 g/mol. The lowest BCUT2D eigenvalue weighted by molar-refractivity contribution is 1.18. The average Bonchev–Trinajstić information content (AvgIpc) is 3.68. The molecule has 0 amide bonds. The molecular formula is C58H40N2. The van der Waals surface area contributed by atoms with Crippen molar-refractivity contribution in [3.63, 3.8) is 0 Å². The molecule has 2 heteroatoms. The van der Waals surface area contributed by atoms with Crippen LogP contribution in [0.25, 0.3) is 82.8 Å². The smallest absolute Gasteiger partial charge is 0.0547 e. The fourth-order valence-corrected chi connectivity index (χ4v) is 8.97. The first-order valence-electron chi connectivity index (χ1n) is 20.6. The second kappa shape index (κ2) is 15.1. The third-order valence-corrected chi connectivity index (χ3v) is 11.8. The number of hydrogen-bond donors (Lipinski definition) is 0. The highest BCUT2D eigenvalue weighted by atomic mass is 15.1. The molecule has 10 aromatic carbocycles. The molecule has 1 heterocycles. The minimum atomic E-state index is 1.08. The lowest BCUT2D eigenvalue weighted by atomic mass is 9.97. The van der Waals surface area contributed by atoms with Gasteiger partial charge in [0.1, 0.15) is 0 Å². The minimum absolute atomic E-state index is 1.08. The van der Waals surface area contributed by atoms with Gasteiger partial charge in [-0.05, 0) is 92.7 Å². The molecule has 1 aromatic heterocycles. The summed E-state index contributed by atoms with van der Waals surface area (Å²) in [4.78, 5) is 2.43. The van der Waals surface area contributed by atoms with Gasteiger partial charge in [-0.1, -0.05) is 194 Å². The number of nitrogens with zero attached hydrogens (tertiary/aromatic N) is 2. The molecule has 2 nitrogen and oxygen atoms in total. The maximum atomic E-state index is 2.43. The Morgan fingerprint density at radius 1 is 0.300 bits per heavy atom. The van der Waals surface area contributed by atoms with E-state index >= 15 is 0 Å². The average molecular weight is 765 g/mol. The third-order valence-electron chi connectivity index (χ3n) is 11.8. The summed E-state index contributed by atoms with van der Waals surface area (Å²) in [6.45, 7) is 0. The van der Waals surface area contributed by atoms with Crippen LogP contribution in [-0.2, 0) is 0 Å². The van der Waals surface area contributed by atoms with Crippen molar-refractivity contribution in [1.29, 1.82) is 0 Å². The summed E-state index contributed by atoms with van der Waals surface area (Å²) in [5, 5.41) is 5.07. The fraction of sp³-hybridized carbons (Fsp3) is 0. The lowest BCUT2D eigenvalue weighted by Gasteiger charge is -2.30. The van der Waals surface area contributed by atoms with E-state index in [1.165, 1.54) is 66.0 Å². The number of aromatic nitrogens is 1. The standard InChI is InChI=1S/C58H40N2/c1-3-16-41(17-4-1)42-30-32-43(33-31-42)44-34-37-48(38-35-44)59(54-27-12-9-23-50(54)45-18-5-2-6-19-45)55-28-13-10-24-51(55)47-21-15-22-49(40-47)60-56-29-14-11-26-53(56)58-52-25-8-7-20-46(52)36-39-57(58)60/h1-40H. The van der Waals surface area contributed by atoms with Crippen molar-refractivity contribution < 1.29 is 0 Å². The highest BCUT2D eigenvalue weighted by Crippen LogP contribution is 2.46. The summed E-state index contributed by atoms with van der Waals surface area (Å²) in [6.07, 6.45) is 0. The van der Waals surface area contributed by atoms with E-state index in [9.17, 15) is 0 Å². The van der Waals surface area contributed by atoms with Crippen molar-refractivity contribution in [2.24, 2.45) is 0 Å². The van der Waals surface area contributed by atoms with Gasteiger partial charge in [-0.25, -0.2) is 0 Å². The maximum Gasteiger partial charge on any atom is 0.0547 e. The van der Waals surface area contributed by atoms with E-state index in [1.807, 2.05) is 0 Å². The van der Waals surface area contributed by atoms with Crippen LogP contribution in [-0.4, -0.2) is 4.57 Å². The van der Waals surface area contributed by atoms with E-state index in [0.717, 1.165) is 33.9 Å². The van der Waals surface area contributed by atoms with Crippen LogP contribution < -0.4 is 4.90 Å². The zero-order valence-corrected chi connectivity index (χ0v) is 33.0. The van der Waals surface area contributed by atoms with Gasteiger partial charge < -0.3 is 9.47 Å². The summed E-state index contributed by atoms with van der Waals surface area (Å²) in [5.41, 5.74) is 16.3. The van der Waals surface area contributed by atoms with Gasteiger partial charge in [-0.15, -0.1) is 0 Å². The summed E-state index contributed by atoms with van der Waals surface area (Å²) in [5.74, 6) is 0. The first-order valence-corrected chi connectivity index (χ1v) is 20.6. The van der Waals surface area contributed by atoms with E-state index in [1.54, 1.807) is 0 Å². The first-order chi connectivity index (χ1) is 29.8. The molecule has 0 unspecified atom stereocenters. The van der Waals surface area contributed by atoms with E-state index < -0.39 is 0 Å². The van der Waals surface area contributed by atoms with Crippen molar-refractivity contribution in [3.05, 3.63) is 243 Å². The predicted molar refractivity (Wildman–Crippen MR) is 255 cm³/mol. The van der Waals surface area contributed by atoms with Crippen LogP contribution in [0.4, 0.5) is 17.1 Å². The summed E-state index contributed by atoms with van der Waals surface area (Å²) in [6, 6.07) is 87.8. The molecule has 0 bridgehead atoms. The lowest BCUT2D eigenvalue weighted by Crippen LogP contribution is -2.12. The topological polar surface area (TPSA) is 8.17 Å². The second-order valence-electron chi connectivity index (χ2n) is 15.3. The second-order valence-corrected chi connectivity index (χ2v) is 15.3. The Morgan fingerprint density at radius 2 is 0.800 bits per heavy atom. The van der Waals surface area contributed by atoms with Crippen molar-refractivity contribution in [2.75, 3.05) is 4.90 Å². The van der Waals surface area contributed by atoms with Crippen LogP contribution in [0.1, 0.15) is 0 Å². The van der Waals surface area contributed by atoms with Gasteiger partial charge in [0, 0.05) is 33.3 Å². The number of fused-ring (bicyclic) bond motifs is 5. The van der Waals surface area contributed by atoms with Crippen LogP contribution in [0.3, 0.4) is 0 Å². The Labute approximate surface area is 350 Å². The van der Waals surface area contributed by atoms with Gasteiger partial charge in [0.15, 0.2) is 0 Å². The Bertz CT molecular complexity index is 3290. The maximum absolute atomic E-state index is 2.43. The van der Waals surface area contributed by atoms with E-state index in [-0.39, 0.29) is 0 Å². The molecule has 0 spiro atoms. The van der Waals surface area contributed by atoms with Crippen molar-refractivity contribution in [2.45, 2.75) is 0 Å². The van der Waals surface area contributed by atoms with Crippen molar-refractivity contribution in [3.8, 4) is 50.2 Å². The van der Waals surface area contributed by atoms with Gasteiger partial charge in [-0.2, -0.15) is 0 Å². The molecule has 0 saturated heterocycles. The van der Waals surface area contributed by atoms with Gasteiger partial charge >= 0.3 is 0 Å². The highest BCUT2D eigenvalue weighted by Gasteiger charge is 2.21. The van der Waals surface area contributed by atoms with Gasteiger partial charge in [-0.3, -0.25) is 0 Å². The molecule has 0 atom stereocenters. The SMILES string of the molecule is c1ccc(-c2ccc(-c3ccc(N(c4ccccc4-c4ccccc4)c4ccccc4-c4cccc(-n5c6ccccc6c6c7ccccc7ccc65)c4)cc3)cc2)cc1. The molecule has 0 saturated carbocycles. The Morgan fingerprint density at radius 3 is 1.48 bits per heavy atom. The summed E-state index contributed by atoms with van der Waals surface area (Å²) in [7, 11) is 0. The van der Waals surface area contributed by atoms with Crippen molar-refractivity contribution >= 4 is 49.6 Å². The zero-order valence-electron chi connectivity index (χ0n) is 33.0. The van der Waals surface area contributed by atoms with Gasteiger partial charge in [0.05, 0.1) is 22.4 Å². The summed E-state index contributed by atoms with van der Waals surface area (Å²) >= 11 is 0. The molecule has 60 heavy (non-hydrogen) atoms. The quantitative estimate of drug-likeness (QED) is 0.150. The first kappa shape index (κ1) is 35.2. The number of benzene rings is 10. The van der Waals surface area contributed by atoms with Crippen LogP contribution in [0.2, 0.25) is 0 Å². The Hall–Kier alpha value is -7.94. The third kappa shape index (κ3) is 6.23. The van der Waals surface area contributed by atoms with Gasteiger partial charge in [0.2, 0.25) is 0 Å². The molecule has 0 aliphatic heterocycles. The zero-order chi connectivity index (χ0) is 39.8. The van der Waals surface area contributed by atoms with E-state index in [0.29, 0.717) is 0 Å². The van der Waals surface area contributed by atoms with Crippen molar-refractivity contribution in [1.82, 2.24) is 4.57 Å². The van der Waals surface area contributed by atoms with Crippen LogP contribution in [0.15, 0.2) is 243 Å². The molecule has 0 radical (unpaired) electrons. The molecule has 0 fully saturated rings. The summed E-state index contributed by atoms with van der Waals surface area (Å²) < 4.78 is 2.43. The van der Waals surface area contributed by atoms with Crippen LogP contribution >= 0.6 is 0 Å². The van der Waals surface area contributed by atoms with Crippen LogP contribution in [0, 0.1) is 0 Å². The normalized spacial score (nSPS) is 11.3. The predicted octanol–water partition coefficient (Wildman–Crippen LogP) is 16.1. The molecule has 0 aliphatic rings. The Balaban J connectivity index is 1.06. The molecule has 0 N–H and O–H groups in total. The fourth-order valence-electron chi connectivity index (χ4n) is 8.97. The largest absolute Gasteiger partial charge is 0.309 e. The molecule has 282 valence electrons. The van der Waals surface area contributed by atoms with E-state index in [4.69, 9.17) is 0 Å². The monoisotopic (exact) mass is 764 g/mol. The molecule has 11 aromatic rings. The molecule has 11 rings (SSSR count). The number of rotatable bonds is 8. The number of hydrogen-bond acceptors (Lipinski definition) is 1. The van der Waals surface area contributed by atoms with Gasteiger partial charge in [0.25, 0.3) is 0 Å². The highest BCUT2D eigenvalue weighted by molar-refractivity contribution is 6.21. The minimum Gasteiger partial charge on any atom is -0.309 e. The van der Waals surface area contributed by atoms with E-state index in [2.05, 4.69) is 252 Å². The number of para-hydroxylation sites is 3. The van der Waals surface area contributed by atoms with Crippen LogP contribution in [0.5, 0.6) is 0 Å². The molecule has 0 aliphatic carbocycles. The Kier molecular flexibility index (Phi) is 8.87.